The number of aryl methyl sites for hydroxylation is 1. The number of rotatable bonds is 13. The lowest BCUT2D eigenvalue weighted by Crippen LogP contribution is -2.54. The van der Waals surface area contributed by atoms with Crippen molar-refractivity contribution in [1.82, 2.24) is 9.55 Å². The molecule has 3 aliphatic heterocycles. The predicted octanol–water partition coefficient (Wildman–Crippen LogP) is 5.77. The summed E-state index contributed by atoms with van der Waals surface area (Å²) in [5.74, 6) is 2.08. The number of H-pyrrole nitrogens is 1. The summed E-state index contributed by atoms with van der Waals surface area (Å²) in [4.78, 5) is 43.9. The van der Waals surface area contributed by atoms with Crippen LogP contribution in [-0.4, -0.2) is 77.6 Å². The summed E-state index contributed by atoms with van der Waals surface area (Å²) in [5, 5.41) is 0. The molecule has 3 aromatic carbocycles. The van der Waals surface area contributed by atoms with Crippen LogP contribution in [0, 0.1) is 6.92 Å². The first-order chi connectivity index (χ1) is 26.6. The normalized spacial score (nSPS) is 23.9. The lowest BCUT2D eigenvalue weighted by Gasteiger charge is -2.38. The van der Waals surface area contributed by atoms with Gasteiger partial charge in [0, 0.05) is 31.0 Å². The van der Waals surface area contributed by atoms with Gasteiger partial charge in [0.2, 0.25) is 5.84 Å². The molecule has 0 bridgehead atoms. The molecule has 15 heteroatoms. The first kappa shape index (κ1) is 38.9. The van der Waals surface area contributed by atoms with Crippen LogP contribution in [0.3, 0.4) is 0 Å². The number of methoxy groups -OCH3 is 2. The molecule has 0 radical (unpaired) electrons. The summed E-state index contributed by atoms with van der Waals surface area (Å²) < 4.78 is 52.0. The Balaban J connectivity index is 1.27. The van der Waals surface area contributed by atoms with Gasteiger partial charge in [0.25, 0.3) is 5.56 Å². The number of hydrogen-bond acceptors (Lipinski definition) is 10. The SMILES string of the molecule is COc1ccc(C(OC[C@H]2O[C@@H](n3cc(C)c(=O)[nH]c3=O)C[C@@H]2OP(=O)(O)O[N+]23CCCCCC2=NCCC3)(c2ccccc2)c2ccc(OC)cc2)cc1. The molecular weight excluding hydrogens is 727 g/mol. The molecule has 7 rings (SSSR count). The van der Waals surface area contributed by atoms with Gasteiger partial charge < -0.3 is 18.9 Å². The van der Waals surface area contributed by atoms with E-state index in [0.717, 1.165) is 41.8 Å². The van der Waals surface area contributed by atoms with Gasteiger partial charge in [0.05, 0.1) is 27.4 Å². The highest BCUT2D eigenvalue weighted by atomic mass is 31.2. The molecule has 0 aliphatic carbocycles. The van der Waals surface area contributed by atoms with Gasteiger partial charge in [-0.2, -0.15) is 0 Å². The number of nitrogens with one attached hydrogen (secondary N) is 1. The van der Waals surface area contributed by atoms with Crippen LogP contribution in [0.15, 0.2) is 99.6 Å². The van der Waals surface area contributed by atoms with Crippen LogP contribution in [0.4, 0.5) is 0 Å². The number of aromatic nitrogens is 2. The Morgan fingerprint density at radius 3 is 2.20 bits per heavy atom. The summed E-state index contributed by atoms with van der Waals surface area (Å²) in [5.41, 5.74) is 0.208. The molecule has 14 nitrogen and oxygen atoms in total. The van der Waals surface area contributed by atoms with E-state index in [2.05, 4.69) is 4.98 Å². The number of hydrogen-bond donors (Lipinski definition) is 2. The fourth-order valence-electron chi connectivity index (χ4n) is 7.87. The topological polar surface area (TPSA) is 160 Å². The minimum Gasteiger partial charge on any atom is -0.497 e. The number of ether oxygens (including phenoxy) is 4. The Morgan fingerprint density at radius 1 is 0.909 bits per heavy atom. The van der Waals surface area contributed by atoms with Gasteiger partial charge in [0.1, 0.15) is 48.6 Å². The molecule has 4 heterocycles. The quantitative estimate of drug-likeness (QED) is 0.0971. The monoisotopic (exact) mass is 775 g/mol. The largest absolute Gasteiger partial charge is 0.519 e. The van der Waals surface area contributed by atoms with Crippen molar-refractivity contribution in [2.45, 2.75) is 69.5 Å². The Hall–Kier alpha value is -4.40. The molecule has 2 N–H and O–H groups in total. The maximum atomic E-state index is 14.1. The van der Waals surface area contributed by atoms with Crippen LogP contribution in [0.1, 0.15) is 67.0 Å². The maximum Gasteiger partial charge on any atom is 0.519 e. The second-order valence-corrected chi connectivity index (χ2v) is 15.5. The van der Waals surface area contributed by atoms with Gasteiger partial charge in [-0.15, -0.1) is 4.65 Å². The zero-order valence-electron chi connectivity index (χ0n) is 31.3. The number of aromatic amines is 1. The first-order valence-electron chi connectivity index (χ1n) is 18.7. The number of benzene rings is 3. The number of phosphoric acid groups is 1. The van der Waals surface area contributed by atoms with Crippen LogP contribution in [0.25, 0.3) is 0 Å². The molecule has 0 amide bonds. The van der Waals surface area contributed by atoms with Crippen molar-refractivity contribution < 1.29 is 42.2 Å². The van der Waals surface area contributed by atoms with Gasteiger partial charge in [-0.1, -0.05) is 59.2 Å². The van der Waals surface area contributed by atoms with Crippen LogP contribution < -0.4 is 20.7 Å². The van der Waals surface area contributed by atoms with Crippen molar-refractivity contribution in [3.8, 4) is 11.5 Å². The van der Waals surface area contributed by atoms with Gasteiger partial charge in [-0.25, -0.2) is 14.4 Å². The Kier molecular flexibility index (Phi) is 11.6. The van der Waals surface area contributed by atoms with Crippen molar-refractivity contribution in [3.63, 3.8) is 0 Å². The van der Waals surface area contributed by atoms with Crippen molar-refractivity contribution >= 4 is 13.7 Å². The third-order valence-corrected chi connectivity index (χ3v) is 11.7. The zero-order valence-corrected chi connectivity index (χ0v) is 32.2. The minimum absolute atomic E-state index is 0.0162. The number of aliphatic imine (C=N–C) groups is 1. The average Bonchev–Trinajstić information content (AvgIpc) is 3.45. The zero-order chi connectivity index (χ0) is 38.6. The molecule has 0 spiro atoms. The van der Waals surface area contributed by atoms with Crippen LogP contribution in [0.2, 0.25) is 0 Å². The van der Waals surface area contributed by atoms with Gasteiger partial charge in [-0.05, 0) is 67.1 Å². The van der Waals surface area contributed by atoms with Crippen LogP contribution in [0.5, 0.6) is 11.5 Å². The van der Waals surface area contributed by atoms with Gasteiger partial charge in [-0.3, -0.25) is 23.8 Å². The minimum atomic E-state index is -4.79. The fraction of sp³-hybridized carbons (Fsp3) is 0.425. The highest BCUT2D eigenvalue weighted by Crippen LogP contribution is 2.52. The third-order valence-electron chi connectivity index (χ3n) is 10.7. The fourth-order valence-corrected chi connectivity index (χ4v) is 9.13. The molecule has 4 aromatic rings. The standard InChI is InChI=1S/C40H47N4O10P/c1-28-26-43(39(46)42-38(28)45)37-25-34(53-55(47,48)54-44-23-9-5-8-13-36(44)41-22-10-24-44)35(52-37)27-51-40(29-11-6-4-7-12-29,30-14-18-32(49-2)19-15-30)31-16-20-33(50-3)21-17-31/h4,6-7,11-12,14-21,26,34-35,37H,5,8-10,13,22-25,27H2,1-3H3,(H-,42,45,46,47,48)/p+1/t34-,35+,37+,44?/m0/s1. The highest BCUT2D eigenvalue weighted by molar-refractivity contribution is 7.47. The molecular formula is C40H48N4O10P+. The van der Waals surface area contributed by atoms with E-state index in [4.69, 9.17) is 33.1 Å². The lowest BCUT2D eigenvalue weighted by molar-refractivity contribution is -1.01. The molecule has 2 fully saturated rings. The van der Waals surface area contributed by atoms with Crippen molar-refractivity contribution in [3.05, 3.63) is 128 Å². The molecule has 1 aromatic heterocycles. The van der Waals surface area contributed by atoms with E-state index in [-0.39, 0.29) is 17.7 Å². The van der Waals surface area contributed by atoms with E-state index >= 15 is 0 Å². The van der Waals surface area contributed by atoms with E-state index in [1.54, 1.807) is 21.1 Å². The van der Waals surface area contributed by atoms with E-state index in [9.17, 15) is 19.0 Å². The third kappa shape index (κ3) is 8.13. The van der Waals surface area contributed by atoms with Crippen molar-refractivity contribution in [1.29, 1.82) is 0 Å². The molecule has 55 heavy (non-hydrogen) atoms. The maximum absolute atomic E-state index is 14.1. The number of amidine groups is 1. The molecule has 5 atom stereocenters. The van der Waals surface area contributed by atoms with E-state index in [0.29, 0.717) is 49.5 Å². The van der Waals surface area contributed by atoms with Crippen LogP contribution >= 0.6 is 7.82 Å². The molecule has 292 valence electrons. The Morgan fingerprint density at radius 2 is 1.55 bits per heavy atom. The summed E-state index contributed by atoms with van der Waals surface area (Å²) >= 11 is 0. The molecule has 2 unspecified atom stereocenters. The van der Waals surface area contributed by atoms with E-state index in [1.807, 2.05) is 78.9 Å². The van der Waals surface area contributed by atoms with Crippen LogP contribution in [-0.2, 0) is 28.8 Å². The van der Waals surface area contributed by atoms with E-state index in [1.165, 1.54) is 10.8 Å². The second kappa shape index (κ2) is 16.4. The first-order valence-corrected chi connectivity index (χ1v) is 20.1. The number of quaternary nitrogens is 1. The summed E-state index contributed by atoms with van der Waals surface area (Å²) in [6, 6.07) is 24.8. The number of fused-ring (bicyclic) bond motifs is 1. The second-order valence-electron chi connectivity index (χ2n) is 14.2. The summed E-state index contributed by atoms with van der Waals surface area (Å²) in [6.07, 6.45) is 2.48. The summed E-state index contributed by atoms with van der Waals surface area (Å²) in [6.45, 7) is 3.10. The number of hydroxylamine groups is 3. The molecule has 0 saturated carbocycles. The highest BCUT2D eigenvalue weighted by Gasteiger charge is 2.50. The number of phosphoric ester groups is 1. The van der Waals surface area contributed by atoms with E-state index < -0.39 is 43.1 Å². The Bertz CT molecular complexity index is 2090. The average molecular weight is 776 g/mol. The lowest BCUT2D eigenvalue weighted by atomic mass is 9.80. The van der Waals surface area contributed by atoms with Crippen molar-refractivity contribution in [2.24, 2.45) is 4.99 Å². The Labute approximate surface area is 319 Å². The smallest absolute Gasteiger partial charge is 0.497 e. The molecule has 2 saturated heterocycles. The summed E-state index contributed by atoms with van der Waals surface area (Å²) in [7, 11) is -1.59. The van der Waals surface area contributed by atoms with Crippen molar-refractivity contribution in [2.75, 3.05) is 40.5 Å². The van der Waals surface area contributed by atoms with Gasteiger partial charge >= 0.3 is 13.5 Å². The predicted molar refractivity (Wildman–Crippen MR) is 204 cm³/mol. The number of nitrogens with zero attached hydrogens (tertiary/aromatic N) is 3. The molecule has 3 aliphatic rings. The van der Waals surface area contributed by atoms with Gasteiger partial charge in [0.15, 0.2) is 0 Å².